The predicted octanol–water partition coefficient (Wildman–Crippen LogP) is 3.02. The summed E-state index contributed by atoms with van der Waals surface area (Å²) in [5.74, 6) is 0.948. The lowest BCUT2D eigenvalue weighted by Crippen LogP contribution is -2.05. The Hall–Kier alpha value is -2.03. The zero-order valence-corrected chi connectivity index (χ0v) is 9.77. The normalized spacial score (nSPS) is 10.2. The maximum Gasteiger partial charge on any atom is 0.221 e. The molecule has 1 amide bonds. The Kier molecular flexibility index (Phi) is 3.60. The SMILES string of the molecule is CC(=O)Nc1ccc(CCc2ccco2)cc1. The van der Waals surface area contributed by atoms with Crippen LogP contribution in [0, 0.1) is 0 Å². The van der Waals surface area contributed by atoms with Crippen molar-refractivity contribution in [2.45, 2.75) is 19.8 Å². The van der Waals surface area contributed by atoms with Gasteiger partial charge in [-0.1, -0.05) is 12.1 Å². The second-order valence-corrected chi connectivity index (χ2v) is 3.96. The molecule has 0 spiro atoms. The van der Waals surface area contributed by atoms with E-state index in [4.69, 9.17) is 4.42 Å². The van der Waals surface area contributed by atoms with Crippen LogP contribution < -0.4 is 5.32 Å². The molecule has 0 fully saturated rings. The van der Waals surface area contributed by atoms with Crippen LogP contribution in [0.4, 0.5) is 5.69 Å². The number of carbonyl (C=O) groups excluding carboxylic acids is 1. The van der Waals surface area contributed by atoms with Crippen LogP contribution in [0.15, 0.2) is 47.1 Å². The van der Waals surface area contributed by atoms with Crippen molar-refractivity contribution in [2.75, 3.05) is 5.32 Å². The van der Waals surface area contributed by atoms with Gasteiger partial charge in [0.2, 0.25) is 5.91 Å². The number of benzene rings is 1. The van der Waals surface area contributed by atoms with E-state index in [1.54, 1.807) is 6.26 Å². The van der Waals surface area contributed by atoms with E-state index >= 15 is 0 Å². The van der Waals surface area contributed by atoms with Gasteiger partial charge in [-0.15, -0.1) is 0 Å². The molecule has 1 aromatic carbocycles. The quantitative estimate of drug-likeness (QED) is 0.875. The number of amides is 1. The molecule has 0 bridgehead atoms. The van der Waals surface area contributed by atoms with Crippen LogP contribution >= 0.6 is 0 Å². The zero-order valence-electron chi connectivity index (χ0n) is 9.77. The average molecular weight is 229 g/mol. The Morgan fingerprint density at radius 2 is 1.94 bits per heavy atom. The largest absolute Gasteiger partial charge is 0.469 e. The van der Waals surface area contributed by atoms with Crippen LogP contribution in [0.3, 0.4) is 0 Å². The van der Waals surface area contributed by atoms with E-state index in [0.717, 1.165) is 24.3 Å². The molecule has 0 aliphatic heterocycles. The fraction of sp³-hybridized carbons (Fsp3) is 0.214. The predicted molar refractivity (Wildman–Crippen MR) is 66.9 cm³/mol. The molecule has 88 valence electrons. The highest BCUT2D eigenvalue weighted by atomic mass is 16.3. The molecule has 3 heteroatoms. The second-order valence-electron chi connectivity index (χ2n) is 3.96. The van der Waals surface area contributed by atoms with E-state index < -0.39 is 0 Å². The first-order valence-corrected chi connectivity index (χ1v) is 5.63. The zero-order chi connectivity index (χ0) is 12.1. The van der Waals surface area contributed by atoms with Gasteiger partial charge in [-0.3, -0.25) is 4.79 Å². The standard InChI is InChI=1S/C14H15NO2/c1-11(16)15-13-7-4-12(5-8-13)6-9-14-3-2-10-17-14/h2-5,7-8,10H,6,9H2,1H3,(H,15,16). The Morgan fingerprint density at radius 1 is 1.18 bits per heavy atom. The molecule has 1 heterocycles. The second kappa shape index (κ2) is 5.34. The molecule has 0 radical (unpaired) electrons. The van der Waals surface area contributed by atoms with Gasteiger partial charge in [-0.25, -0.2) is 0 Å². The number of nitrogens with one attached hydrogen (secondary N) is 1. The summed E-state index contributed by atoms with van der Waals surface area (Å²) in [4.78, 5) is 10.9. The summed E-state index contributed by atoms with van der Waals surface area (Å²) in [5, 5.41) is 2.74. The Labute approximate surface area is 100 Å². The van der Waals surface area contributed by atoms with Gasteiger partial charge in [0, 0.05) is 19.0 Å². The van der Waals surface area contributed by atoms with Crippen LogP contribution in [0.1, 0.15) is 18.2 Å². The summed E-state index contributed by atoms with van der Waals surface area (Å²) >= 11 is 0. The van der Waals surface area contributed by atoms with Gasteiger partial charge in [0.25, 0.3) is 0 Å². The van der Waals surface area contributed by atoms with E-state index in [-0.39, 0.29) is 5.91 Å². The summed E-state index contributed by atoms with van der Waals surface area (Å²) in [6.45, 7) is 1.50. The third-order valence-electron chi connectivity index (χ3n) is 2.51. The molecule has 17 heavy (non-hydrogen) atoms. The summed E-state index contributed by atoms with van der Waals surface area (Å²) in [5.41, 5.74) is 2.06. The number of anilines is 1. The van der Waals surface area contributed by atoms with Crippen molar-refractivity contribution < 1.29 is 9.21 Å². The van der Waals surface area contributed by atoms with Gasteiger partial charge in [0.15, 0.2) is 0 Å². The van der Waals surface area contributed by atoms with Gasteiger partial charge < -0.3 is 9.73 Å². The maximum atomic E-state index is 10.9. The van der Waals surface area contributed by atoms with Crippen molar-refractivity contribution in [3.63, 3.8) is 0 Å². The minimum Gasteiger partial charge on any atom is -0.469 e. The lowest BCUT2D eigenvalue weighted by Gasteiger charge is -2.03. The van der Waals surface area contributed by atoms with E-state index in [2.05, 4.69) is 5.32 Å². The molecular formula is C14H15NO2. The van der Waals surface area contributed by atoms with Crippen molar-refractivity contribution in [3.8, 4) is 0 Å². The molecule has 1 N–H and O–H groups in total. The van der Waals surface area contributed by atoms with E-state index in [1.807, 2.05) is 36.4 Å². The molecule has 0 saturated heterocycles. The summed E-state index contributed by atoms with van der Waals surface area (Å²) in [6, 6.07) is 11.8. The third kappa shape index (κ3) is 3.48. The van der Waals surface area contributed by atoms with Crippen molar-refractivity contribution in [1.29, 1.82) is 0 Å². The Balaban J connectivity index is 1.91. The van der Waals surface area contributed by atoms with Gasteiger partial charge in [-0.2, -0.15) is 0 Å². The monoisotopic (exact) mass is 229 g/mol. The summed E-state index contributed by atoms with van der Waals surface area (Å²) in [7, 11) is 0. The number of hydrogen-bond donors (Lipinski definition) is 1. The Morgan fingerprint density at radius 3 is 2.53 bits per heavy atom. The summed E-state index contributed by atoms with van der Waals surface area (Å²) in [6.07, 6.45) is 3.52. The van der Waals surface area contributed by atoms with E-state index in [0.29, 0.717) is 0 Å². The highest BCUT2D eigenvalue weighted by molar-refractivity contribution is 5.88. The van der Waals surface area contributed by atoms with Crippen molar-refractivity contribution in [2.24, 2.45) is 0 Å². The first-order chi connectivity index (χ1) is 8.24. The smallest absolute Gasteiger partial charge is 0.221 e. The van der Waals surface area contributed by atoms with Crippen LogP contribution in [-0.2, 0) is 17.6 Å². The molecule has 1 aromatic heterocycles. The number of rotatable bonds is 4. The van der Waals surface area contributed by atoms with Crippen LogP contribution in [0.25, 0.3) is 0 Å². The highest BCUT2D eigenvalue weighted by Crippen LogP contribution is 2.12. The lowest BCUT2D eigenvalue weighted by atomic mass is 10.1. The highest BCUT2D eigenvalue weighted by Gasteiger charge is 1.99. The van der Waals surface area contributed by atoms with Gasteiger partial charge >= 0.3 is 0 Å². The molecule has 2 rings (SSSR count). The number of aryl methyl sites for hydroxylation is 2. The minimum absolute atomic E-state index is 0.0478. The summed E-state index contributed by atoms with van der Waals surface area (Å²) < 4.78 is 5.27. The van der Waals surface area contributed by atoms with Crippen LogP contribution in [0.2, 0.25) is 0 Å². The molecule has 0 aliphatic rings. The molecule has 0 atom stereocenters. The molecule has 0 unspecified atom stereocenters. The molecular weight excluding hydrogens is 214 g/mol. The number of carbonyl (C=O) groups is 1. The van der Waals surface area contributed by atoms with Crippen molar-refractivity contribution >= 4 is 11.6 Å². The van der Waals surface area contributed by atoms with Crippen LogP contribution in [-0.4, -0.2) is 5.91 Å². The van der Waals surface area contributed by atoms with Gasteiger partial charge in [-0.05, 0) is 36.2 Å². The van der Waals surface area contributed by atoms with Gasteiger partial charge in [0.05, 0.1) is 6.26 Å². The van der Waals surface area contributed by atoms with Gasteiger partial charge in [0.1, 0.15) is 5.76 Å². The first kappa shape index (κ1) is 11.5. The lowest BCUT2D eigenvalue weighted by molar-refractivity contribution is -0.114. The van der Waals surface area contributed by atoms with Crippen molar-refractivity contribution in [1.82, 2.24) is 0 Å². The Bertz CT molecular complexity index is 471. The molecule has 0 saturated carbocycles. The maximum absolute atomic E-state index is 10.9. The van der Waals surface area contributed by atoms with E-state index in [9.17, 15) is 4.79 Å². The fourth-order valence-corrected chi connectivity index (χ4v) is 1.68. The van der Waals surface area contributed by atoms with Crippen molar-refractivity contribution in [3.05, 3.63) is 54.0 Å². The first-order valence-electron chi connectivity index (χ1n) is 5.63. The average Bonchev–Trinajstić information content (AvgIpc) is 2.80. The topological polar surface area (TPSA) is 42.2 Å². The molecule has 3 nitrogen and oxygen atoms in total. The number of hydrogen-bond acceptors (Lipinski definition) is 2. The van der Waals surface area contributed by atoms with Crippen LogP contribution in [0.5, 0.6) is 0 Å². The molecule has 2 aromatic rings. The minimum atomic E-state index is -0.0478. The third-order valence-corrected chi connectivity index (χ3v) is 2.51. The fourth-order valence-electron chi connectivity index (χ4n) is 1.68. The number of furan rings is 1. The van der Waals surface area contributed by atoms with E-state index in [1.165, 1.54) is 12.5 Å². The molecule has 0 aliphatic carbocycles.